The molecular weight excluding hydrogens is 244 g/mol. The van der Waals surface area contributed by atoms with Crippen LogP contribution in [0.5, 0.6) is 0 Å². The van der Waals surface area contributed by atoms with Crippen molar-refractivity contribution in [3.63, 3.8) is 0 Å². The van der Waals surface area contributed by atoms with Gasteiger partial charge in [0, 0.05) is 6.54 Å². The minimum absolute atomic E-state index is 0.00101. The second kappa shape index (κ2) is 4.22. The molecule has 2 aliphatic heterocycles. The van der Waals surface area contributed by atoms with Crippen molar-refractivity contribution in [3.8, 4) is 0 Å². The first-order chi connectivity index (χ1) is 7.80. The number of carbonyl (C=O) groups is 1. The summed E-state index contributed by atoms with van der Waals surface area (Å²) in [6.07, 6.45) is 0.344. The van der Waals surface area contributed by atoms with Gasteiger partial charge in [-0.15, -0.1) is 0 Å². The molecule has 98 valence electrons. The molecule has 0 aromatic rings. The van der Waals surface area contributed by atoms with E-state index in [0.29, 0.717) is 19.4 Å². The zero-order valence-corrected chi connectivity index (χ0v) is 10.6. The summed E-state index contributed by atoms with van der Waals surface area (Å²) in [6, 6.07) is -0.412. The first kappa shape index (κ1) is 12.8. The third kappa shape index (κ3) is 2.97. The SMILES string of the molecule is CC1(NC(=O)C2CC(O)CN2)CCS(=O)(=O)C1. The minimum Gasteiger partial charge on any atom is -0.392 e. The number of nitrogens with one attached hydrogen (secondary N) is 2. The fraction of sp³-hybridized carbons (Fsp3) is 0.900. The van der Waals surface area contributed by atoms with Crippen LogP contribution in [0.1, 0.15) is 19.8 Å². The number of β-amino-alcohol motifs (C(OH)–C–C–N with tert-alkyl or cyclic N) is 1. The van der Waals surface area contributed by atoms with E-state index >= 15 is 0 Å². The minimum atomic E-state index is -3.02. The van der Waals surface area contributed by atoms with Crippen molar-refractivity contribution in [2.45, 2.75) is 37.5 Å². The van der Waals surface area contributed by atoms with E-state index in [9.17, 15) is 18.3 Å². The molecule has 2 fully saturated rings. The van der Waals surface area contributed by atoms with Crippen LogP contribution in [-0.2, 0) is 14.6 Å². The molecule has 3 unspecified atom stereocenters. The van der Waals surface area contributed by atoms with Crippen LogP contribution < -0.4 is 10.6 Å². The Hall–Kier alpha value is -0.660. The second-order valence-electron chi connectivity index (χ2n) is 5.24. The van der Waals surface area contributed by atoms with E-state index in [2.05, 4.69) is 10.6 Å². The van der Waals surface area contributed by atoms with E-state index in [4.69, 9.17) is 0 Å². The number of aliphatic hydroxyl groups excluding tert-OH is 1. The smallest absolute Gasteiger partial charge is 0.237 e. The van der Waals surface area contributed by atoms with Crippen molar-refractivity contribution < 1.29 is 18.3 Å². The molecule has 0 radical (unpaired) electrons. The lowest BCUT2D eigenvalue weighted by Crippen LogP contribution is -2.52. The van der Waals surface area contributed by atoms with E-state index in [1.807, 2.05) is 0 Å². The van der Waals surface area contributed by atoms with Gasteiger partial charge in [0.2, 0.25) is 5.91 Å². The summed E-state index contributed by atoms with van der Waals surface area (Å²) >= 11 is 0. The normalized spacial score (nSPS) is 40.4. The molecule has 2 saturated heterocycles. The Morgan fingerprint density at radius 2 is 2.24 bits per heavy atom. The summed E-state index contributed by atoms with van der Waals surface area (Å²) < 4.78 is 22.8. The van der Waals surface area contributed by atoms with Crippen LogP contribution in [0.25, 0.3) is 0 Å². The maximum Gasteiger partial charge on any atom is 0.237 e. The second-order valence-corrected chi connectivity index (χ2v) is 7.43. The highest BCUT2D eigenvalue weighted by molar-refractivity contribution is 7.91. The summed E-state index contributed by atoms with van der Waals surface area (Å²) in [5, 5.41) is 15.0. The van der Waals surface area contributed by atoms with Crippen LogP contribution in [0.2, 0.25) is 0 Å². The molecule has 2 rings (SSSR count). The Kier molecular flexibility index (Phi) is 3.17. The van der Waals surface area contributed by atoms with Gasteiger partial charge in [-0.05, 0) is 19.8 Å². The molecule has 1 amide bonds. The first-order valence-electron chi connectivity index (χ1n) is 5.74. The molecule has 0 aliphatic carbocycles. The lowest BCUT2D eigenvalue weighted by molar-refractivity contribution is -0.124. The van der Waals surface area contributed by atoms with Crippen molar-refractivity contribution in [3.05, 3.63) is 0 Å². The molecule has 0 bridgehead atoms. The number of carbonyl (C=O) groups excluding carboxylic acids is 1. The van der Waals surface area contributed by atoms with E-state index in [-0.39, 0.29) is 17.4 Å². The highest BCUT2D eigenvalue weighted by Gasteiger charge is 2.41. The molecule has 17 heavy (non-hydrogen) atoms. The van der Waals surface area contributed by atoms with Crippen molar-refractivity contribution >= 4 is 15.7 Å². The number of rotatable bonds is 2. The van der Waals surface area contributed by atoms with Gasteiger partial charge in [-0.1, -0.05) is 0 Å². The summed E-state index contributed by atoms with van der Waals surface area (Å²) in [4.78, 5) is 11.9. The average molecular weight is 262 g/mol. The van der Waals surface area contributed by atoms with Crippen LogP contribution in [0.4, 0.5) is 0 Å². The van der Waals surface area contributed by atoms with Crippen molar-refractivity contribution in [2.75, 3.05) is 18.1 Å². The van der Waals surface area contributed by atoms with Crippen molar-refractivity contribution in [1.82, 2.24) is 10.6 Å². The van der Waals surface area contributed by atoms with Gasteiger partial charge in [0.25, 0.3) is 0 Å². The van der Waals surface area contributed by atoms with Crippen LogP contribution >= 0.6 is 0 Å². The number of hydrogen-bond donors (Lipinski definition) is 3. The molecular formula is C10H18N2O4S. The predicted molar refractivity (Wildman–Crippen MR) is 62.2 cm³/mol. The third-order valence-electron chi connectivity index (χ3n) is 3.35. The van der Waals surface area contributed by atoms with Gasteiger partial charge in [-0.2, -0.15) is 0 Å². The van der Waals surface area contributed by atoms with Crippen LogP contribution in [0.3, 0.4) is 0 Å². The molecule has 0 spiro atoms. The van der Waals surface area contributed by atoms with E-state index < -0.39 is 27.5 Å². The number of amides is 1. The monoisotopic (exact) mass is 262 g/mol. The Labute approximate surface area is 101 Å². The maximum absolute atomic E-state index is 11.9. The lowest BCUT2D eigenvalue weighted by Gasteiger charge is -2.25. The molecule has 0 aromatic heterocycles. The largest absolute Gasteiger partial charge is 0.392 e. The first-order valence-corrected chi connectivity index (χ1v) is 7.56. The fourth-order valence-corrected chi connectivity index (χ4v) is 4.50. The topological polar surface area (TPSA) is 95.5 Å². The molecule has 2 aliphatic rings. The summed E-state index contributed by atoms with van der Waals surface area (Å²) in [6.45, 7) is 2.16. The average Bonchev–Trinajstić information content (AvgIpc) is 2.71. The zero-order chi connectivity index (χ0) is 12.7. The van der Waals surface area contributed by atoms with E-state index in [1.54, 1.807) is 6.92 Å². The lowest BCUT2D eigenvalue weighted by atomic mass is 10.0. The third-order valence-corrected chi connectivity index (χ3v) is 5.26. The predicted octanol–water partition coefficient (Wildman–Crippen LogP) is -1.60. The van der Waals surface area contributed by atoms with Crippen LogP contribution in [-0.4, -0.2) is 55.2 Å². The molecule has 3 N–H and O–H groups in total. The molecule has 3 atom stereocenters. The van der Waals surface area contributed by atoms with E-state index in [1.165, 1.54) is 0 Å². The Bertz CT molecular complexity index is 422. The van der Waals surface area contributed by atoms with Gasteiger partial charge in [0.1, 0.15) is 0 Å². The van der Waals surface area contributed by atoms with Gasteiger partial charge in [0.15, 0.2) is 9.84 Å². The summed E-state index contributed by atoms with van der Waals surface area (Å²) in [7, 11) is -3.02. The van der Waals surface area contributed by atoms with Crippen LogP contribution in [0, 0.1) is 0 Å². The molecule has 6 nitrogen and oxygen atoms in total. The van der Waals surface area contributed by atoms with Gasteiger partial charge < -0.3 is 15.7 Å². The van der Waals surface area contributed by atoms with Gasteiger partial charge >= 0.3 is 0 Å². The van der Waals surface area contributed by atoms with Gasteiger partial charge in [-0.25, -0.2) is 8.42 Å². The Morgan fingerprint density at radius 3 is 2.71 bits per heavy atom. The number of aliphatic hydroxyl groups is 1. The van der Waals surface area contributed by atoms with Crippen molar-refractivity contribution in [1.29, 1.82) is 0 Å². The zero-order valence-electron chi connectivity index (χ0n) is 9.77. The molecule has 0 saturated carbocycles. The quantitative estimate of drug-likeness (QED) is 0.557. The highest BCUT2D eigenvalue weighted by Crippen LogP contribution is 2.23. The van der Waals surface area contributed by atoms with Crippen molar-refractivity contribution in [2.24, 2.45) is 0 Å². The number of sulfone groups is 1. The van der Waals surface area contributed by atoms with Gasteiger partial charge in [0.05, 0.1) is 29.2 Å². The summed E-state index contributed by atoms with van der Waals surface area (Å²) in [5.41, 5.74) is -0.662. The highest BCUT2D eigenvalue weighted by atomic mass is 32.2. The molecule has 7 heteroatoms. The van der Waals surface area contributed by atoms with Gasteiger partial charge in [-0.3, -0.25) is 4.79 Å². The molecule has 2 heterocycles. The van der Waals surface area contributed by atoms with Crippen LogP contribution in [0.15, 0.2) is 0 Å². The molecule has 0 aromatic carbocycles. The standard InChI is InChI=1S/C10H18N2O4S/c1-10(2-3-17(15,16)6-10)12-9(14)8-4-7(13)5-11-8/h7-8,11,13H,2-6H2,1H3,(H,12,14). The maximum atomic E-state index is 11.9. The summed E-state index contributed by atoms with van der Waals surface area (Å²) in [5.74, 6) is -0.0907. The Balaban J connectivity index is 1.95. The van der Waals surface area contributed by atoms with E-state index in [0.717, 1.165) is 0 Å². The fourth-order valence-electron chi connectivity index (χ4n) is 2.41. The number of hydrogen-bond acceptors (Lipinski definition) is 5. The Morgan fingerprint density at radius 1 is 1.53 bits per heavy atom.